The number of benzene rings is 1. The number of likely N-dealkylation sites (tertiary alicyclic amines) is 3. The molecular weight excluding hydrogens is 374 g/mol. The Labute approximate surface area is 181 Å². The van der Waals surface area contributed by atoms with Gasteiger partial charge in [0.2, 0.25) is 11.8 Å². The summed E-state index contributed by atoms with van der Waals surface area (Å²) in [7, 11) is 0. The number of amides is 2. The summed E-state index contributed by atoms with van der Waals surface area (Å²) in [6.45, 7) is 5.95. The van der Waals surface area contributed by atoms with Gasteiger partial charge in [-0.2, -0.15) is 0 Å². The summed E-state index contributed by atoms with van der Waals surface area (Å²) in [6, 6.07) is 10.4. The molecular formula is C25H37N3O2. The highest BCUT2D eigenvalue weighted by Gasteiger charge is 2.35. The zero-order chi connectivity index (χ0) is 20.8. The second kappa shape index (κ2) is 10.4. The first-order valence-electron chi connectivity index (χ1n) is 12.0. The molecule has 5 nitrogen and oxygen atoms in total. The van der Waals surface area contributed by atoms with E-state index in [0.29, 0.717) is 24.3 Å². The van der Waals surface area contributed by atoms with Crippen LogP contribution in [0.5, 0.6) is 0 Å². The number of hydrogen-bond acceptors (Lipinski definition) is 3. The van der Waals surface area contributed by atoms with E-state index < -0.39 is 0 Å². The van der Waals surface area contributed by atoms with E-state index in [9.17, 15) is 9.59 Å². The number of rotatable bonds is 5. The van der Waals surface area contributed by atoms with Crippen molar-refractivity contribution in [3.8, 4) is 0 Å². The molecule has 164 valence electrons. The van der Waals surface area contributed by atoms with E-state index in [1.807, 2.05) is 11.0 Å². The molecule has 0 unspecified atom stereocenters. The number of carbonyl (C=O) groups excluding carboxylic acids is 2. The van der Waals surface area contributed by atoms with Crippen molar-refractivity contribution in [1.29, 1.82) is 0 Å². The number of carbonyl (C=O) groups is 2. The van der Waals surface area contributed by atoms with Crippen LogP contribution in [0.4, 0.5) is 0 Å². The fourth-order valence-electron chi connectivity index (χ4n) is 5.48. The molecule has 3 fully saturated rings. The van der Waals surface area contributed by atoms with Gasteiger partial charge in [-0.05, 0) is 69.5 Å². The molecule has 3 heterocycles. The molecule has 0 bridgehead atoms. The smallest absolute Gasteiger partial charge is 0.236 e. The molecule has 3 aliphatic rings. The Morgan fingerprint density at radius 3 is 2.27 bits per heavy atom. The van der Waals surface area contributed by atoms with Crippen molar-refractivity contribution in [3.63, 3.8) is 0 Å². The first-order valence-corrected chi connectivity index (χ1v) is 12.0. The molecule has 0 saturated carbocycles. The van der Waals surface area contributed by atoms with Gasteiger partial charge in [0.1, 0.15) is 0 Å². The van der Waals surface area contributed by atoms with Crippen molar-refractivity contribution in [3.05, 3.63) is 35.9 Å². The van der Waals surface area contributed by atoms with Crippen LogP contribution in [-0.2, 0) is 16.1 Å². The molecule has 2 amide bonds. The highest BCUT2D eigenvalue weighted by molar-refractivity contribution is 5.79. The minimum Gasteiger partial charge on any atom is -0.342 e. The lowest BCUT2D eigenvalue weighted by Crippen LogP contribution is -2.46. The van der Waals surface area contributed by atoms with Gasteiger partial charge in [-0.15, -0.1) is 0 Å². The Morgan fingerprint density at radius 2 is 1.53 bits per heavy atom. The maximum atomic E-state index is 13.4. The molecule has 4 rings (SSSR count). The Kier molecular flexibility index (Phi) is 7.42. The van der Waals surface area contributed by atoms with Crippen LogP contribution in [0.15, 0.2) is 30.3 Å². The summed E-state index contributed by atoms with van der Waals surface area (Å²) in [4.78, 5) is 32.4. The van der Waals surface area contributed by atoms with Crippen molar-refractivity contribution in [2.75, 3.05) is 39.3 Å². The summed E-state index contributed by atoms with van der Waals surface area (Å²) in [5.74, 6) is 1.29. The molecule has 30 heavy (non-hydrogen) atoms. The maximum Gasteiger partial charge on any atom is 0.236 e. The molecule has 0 aliphatic carbocycles. The molecule has 3 aliphatic heterocycles. The van der Waals surface area contributed by atoms with Gasteiger partial charge in [0.05, 0.1) is 6.54 Å². The third kappa shape index (κ3) is 5.42. The summed E-state index contributed by atoms with van der Waals surface area (Å²) >= 11 is 0. The summed E-state index contributed by atoms with van der Waals surface area (Å²) < 4.78 is 0. The first kappa shape index (κ1) is 21.4. The second-order valence-electron chi connectivity index (χ2n) is 9.40. The van der Waals surface area contributed by atoms with Gasteiger partial charge in [-0.25, -0.2) is 0 Å². The maximum absolute atomic E-state index is 13.4. The summed E-state index contributed by atoms with van der Waals surface area (Å²) in [6.07, 6.45) is 8.93. The fraction of sp³-hybridized carbons (Fsp3) is 0.680. The van der Waals surface area contributed by atoms with Crippen LogP contribution in [0.25, 0.3) is 0 Å². The topological polar surface area (TPSA) is 43.9 Å². The van der Waals surface area contributed by atoms with Gasteiger partial charge >= 0.3 is 0 Å². The van der Waals surface area contributed by atoms with Crippen LogP contribution in [0.1, 0.15) is 56.9 Å². The van der Waals surface area contributed by atoms with Crippen LogP contribution >= 0.6 is 0 Å². The van der Waals surface area contributed by atoms with Crippen LogP contribution < -0.4 is 0 Å². The summed E-state index contributed by atoms with van der Waals surface area (Å²) in [5.41, 5.74) is 1.22. The van der Waals surface area contributed by atoms with Gasteiger partial charge in [-0.1, -0.05) is 36.8 Å². The molecule has 0 N–H and O–H groups in total. The van der Waals surface area contributed by atoms with Gasteiger partial charge < -0.3 is 9.80 Å². The van der Waals surface area contributed by atoms with Crippen molar-refractivity contribution >= 4 is 11.8 Å². The number of piperidine rings is 2. The molecule has 5 heteroatoms. The molecule has 1 aromatic rings. The SMILES string of the molecule is O=C(CN1CCC([C@@H]2CCCCN(Cc3ccccc3)C2=O)CC1)N1CCCCC1. The third-order valence-electron chi connectivity index (χ3n) is 7.31. The zero-order valence-corrected chi connectivity index (χ0v) is 18.3. The van der Waals surface area contributed by atoms with Crippen molar-refractivity contribution < 1.29 is 9.59 Å². The summed E-state index contributed by atoms with van der Waals surface area (Å²) in [5, 5.41) is 0. The minimum atomic E-state index is 0.163. The predicted molar refractivity (Wildman–Crippen MR) is 119 cm³/mol. The number of nitrogens with zero attached hydrogens (tertiary/aromatic N) is 3. The van der Waals surface area contributed by atoms with Gasteiger partial charge in [-0.3, -0.25) is 14.5 Å². The van der Waals surface area contributed by atoms with E-state index in [-0.39, 0.29) is 5.92 Å². The highest BCUT2D eigenvalue weighted by atomic mass is 16.2. The van der Waals surface area contributed by atoms with Crippen molar-refractivity contribution in [2.24, 2.45) is 11.8 Å². The van der Waals surface area contributed by atoms with E-state index in [1.54, 1.807) is 0 Å². The van der Waals surface area contributed by atoms with Crippen molar-refractivity contribution in [1.82, 2.24) is 14.7 Å². The normalized spacial score (nSPS) is 24.7. The predicted octanol–water partition coefficient (Wildman–Crippen LogP) is 3.54. The van der Waals surface area contributed by atoms with Crippen LogP contribution in [0.2, 0.25) is 0 Å². The second-order valence-corrected chi connectivity index (χ2v) is 9.40. The third-order valence-corrected chi connectivity index (χ3v) is 7.31. The molecule has 0 radical (unpaired) electrons. The molecule has 1 aromatic carbocycles. The lowest BCUT2D eigenvalue weighted by atomic mass is 9.81. The van der Waals surface area contributed by atoms with Crippen molar-refractivity contribution in [2.45, 2.75) is 57.9 Å². The molecule has 1 atom stereocenters. The van der Waals surface area contributed by atoms with Gasteiger partial charge in [0.15, 0.2) is 0 Å². The lowest BCUT2D eigenvalue weighted by molar-refractivity contribution is -0.139. The molecule has 0 spiro atoms. The van der Waals surface area contributed by atoms with E-state index in [0.717, 1.165) is 84.2 Å². The van der Waals surface area contributed by atoms with E-state index in [1.165, 1.54) is 12.0 Å². The monoisotopic (exact) mass is 411 g/mol. The minimum absolute atomic E-state index is 0.163. The van der Waals surface area contributed by atoms with E-state index >= 15 is 0 Å². The standard InChI is InChI=1S/C25H37N3O2/c29-24(27-14-6-2-7-15-27)20-26-17-12-22(13-18-26)23-11-5-8-16-28(25(23)30)19-21-9-3-1-4-10-21/h1,3-4,9-10,22-23H,2,5-8,11-20H2/t23-/m0/s1. The quantitative estimate of drug-likeness (QED) is 0.744. The Bertz CT molecular complexity index is 694. The van der Waals surface area contributed by atoms with Gasteiger partial charge in [0, 0.05) is 32.1 Å². The molecule has 0 aromatic heterocycles. The Hall–Kier alpha value is -1.88. The van der Waals surface area contributed by atoms with Crippen LogP contribution in [-0.4, -0.2) is 65.8 Å². The average Bonchev–Trinajstić information content (AvgIpc) is 2.97. The van der Waals surface area contributed by atoms with Crippen LogP contribution in [0.3, 0.4) is 0 Å². The lowest BCUT2D eigenvalue weighted by Gasteiger charge is -2.37. The van der Waals surface area contributed by atoms with Crippen LogP contribution in [0, 0.1) is 11.8 Å². The zero-order valence-electron chi connectivity index (χ0n) is 18.3. The van der Waals surface area contributed by atoms with E-state index in [4.69, 9.17) is 0 Å². The largest absolute Gasteiger partial charge is 0.342 e. The average molecular weight is 412 g/mol. The van der Waals surface area contributed by atoms with Gasteiger partial charge in [0.25, 0.3) is 0 Å². The van der Waals surface area contributed by atoms with E-state index in [2.05, 4.69) is 34.1 Å². The Balaban J connectivity index is 1.29. The Morgan fingerprint density at radius 1 is 0.833 bits per heavy atom. The highest BCUT2D eigenvalue weighted by Crippen LogP contribution is 2.32. The molecule has 3 saturated heterocycles. The fourth-order valence-corrected chi connectivity index (χ4v) is 5.48. The number of hydrogen-bond donors (Lipinski definition) is 0. The first-order chi connectivity index (χ1) is 14.7.